The maximum Gasteiger partial charge on any atom is 0.339 e. The number of hydrogen-bond acceptors (Lipinski definition) is 7. The Hall–Kier alpha value is -3.31. The molecule has 2 aromatic carbocycles. The fourth-order valence-electron chi connectivity index (χ4n) is 2.60. The van der Waals surface area contributed by atoms with Crippen LogP contribution in [0.25, 0.3) is 0 Å². The predicted octanol–water partition coefficient (Wildman–Crippen LogP) is 2.42. The Balaban J connectivity index is 1.94. The van der Waals surface area contributed by atoms with Crippen molar-refractivity contribution < 1.29 is 27.7 Å². The van der Waals surface area contributed by atoms with Gasteiger partial charge in [0.1, 0.15) is 0 Å². The zero-order valence-electron chi connectivity index (χ0n) is 16.4. The highest BCUT2D eigenvalue weighted by Gasteiger charge is 2.22. The number of rotatable bonds is 9. The highest BCUT2D eigenvalue weighted by molar-refractivity contribution is 7.89. The number of nitrogens with zero attached hydrogens (tertiary/aromatic N) is 2. The lowest BCUT2D eigenvalue weighted by Crippen LogP contribution is -2.28. The summed E-state index contributed by atoms with van der Waals surface area (Å²) in [6, 6.07) is 11.0. The molecular weight excluding hydrogens is 414 g/mol. The molecule has 0 spiro atoms. The number of nitrogens with one attached hydrogen (secondary N) is 1. The first-order valence-corrected chi connectivity index (χ1v) is 10.3. The van der Waals surface area contributed by atoms with Crippen molar-refractivity contribution in [3.05, 3.63) is 64.2 Å². The Morgan fingerprint density at radius 1 is 1.13 bits per heavy atom. The number of nitro benzene ring substituents is 1. The summed E-state index contributed by atoms with van der Waals surface area (Å²) in [5, 5.41) is 13.3. The Labute approximate surface area is 173 Å². The van der Waals surface area contributed by atoms with Crippen molar-refractivity contribution in [2.75, 3.05) is 26.0 Å². The highest BCUT2D eigenvalue weighted by atomic mass is 32.2. The number of ether oxygens (including phenoxy) is 1. The fraction of sp³-hybridized carbons (Fsp3) is 0.263. The van der Waals surface area contributed by atoms with E-state index in [1.54, 1.807) is 18.2 Å². The molecule has 0 heterocycles. The van der Waals surface area contributed by atoms with Crippen LogP contribution in [-0.2, 0) is 19.6 Å². The molecule has 160 valence electrons. The van der Waals surface area contributed by atoms with Gasteiger partial charge in [-0.3, -0.25) is 14.9 Å². The standard InChI is InChI=1S/C19H21N3O7S/c1-21(30(27,28)15-11-9-14(10-12-15)22(25)26)13-5-8-18(23)20-17-7-4-3-6-16(17)19(24)29-2/h3-4,6-7,9-12H,5,8,13H2,1-2H3,(H,20,23). The van der Waals surface area contributed by atoms with E-state index in [-0.39, 0.29) is 41.4 Å². The number of carbonyl (C=O) groups is 2. The summed E-state index contributed by atoms with van der Waals surface area (Å²) >= 11 is 0. The molecule has 2 rings (SSSR count). The number of nitro groups is 1. The molecule has 1 N–H and O–H groups in total. The summed E-state index contributed by atoms with van der Waals surface area (Å²) in [5.74, 6) is -0.965. The molecule has 30 heavy (non-hydrogen) atoms. The van der Waals surface area contributed by atoms with Gasteiger partial charge in [-0.1, -0.05) is 12.1 Å². The average molecular weight is 435 g/mol. The maximum atomic E-state index is 12.5. The van der Waals surface area contributed by atoms with E-state index in [4.69, 9.17) is 0 Å². The highest BCUT2D eigenvalue weighted by Crippen LogP contribution is 2.20. The minimum atomic E-state index is -3.84. The van der Waals surface area contributed by atoms with E-state index < -0.39 is 20.9 Å². The summed E-state index contributed by atoms with van der Waals surface area (Å²) in [6.07, 6.45) is 0.255. The molecule has 11 heteroatoms. The van der Waals surface area contributed by atoms with Gasteiger partial charge in [0, 0.05) is 32.1 Å². The lowest BCUT2D eigenvalue weighted by Gasteiger charge is -2.17. The van der Waals surface area contributed by atoms with Gasteiger partial charge in [0.25, 0.3) is 5.69 Å². The van der Waals surface area contributed by atoms with E-state index in [0.29, 0.717) is 5.69 Å². The molecule has 0 saturated heterocycles. The summed E-state index contributed by atoms with van der Waals surface area (Å²) in [4.78, 5) is 33.9. The first-order valence-electron chi connectivity index (χ1n) is 8.85. The molecule has 0 aliphatic heterocycles. The number of non-ortho nitro benzene ring substituents is 1. The molecule has 0 aromatic heterocycles. The third kappa shape index (κ3) is 5.61. The molecule has 0 atom stereocenters. The number of anilines is 1. The largest absolute Gasteiger partial charge is 0.465 e. The molecule has 0 unspecified atom stereocenters. The van der Waals surface area contributed by atoms with Gasteiger partial charge in [-0.05, 0) is 30.7 Å². The summed E-state index contributed by atoms with van der Waals surface area (Å²) in [7, 11) is -1.24. The number of para-hydroxylation sites is 1. The quantitative estimate of drug-likeness (QED) is 0.363. The van der Waals surface area contributed by atoms with Crippen LogP contribution in [0.5, 0.6) is 0 Å². The van der Waals surface area contributed by atoms with Gasteiger partial charge in [-0.25, -0.2) is 17.5 Å². The third-order valence-corrected chi connectivity index (χ3v) is 6.11. The van der Waals surface area contributed by atoms with Crippen LogP contribution in [0, 0.1) is 10.1 Å². The third-order valence-electron chi connectivity index (χ3n) is 4.24. The van der Waals surface area contributed by atoms with Crippen LogP contribution < -0.4 is 5.32 Å². The molecule has 0 fully saturated rings. The second-order valence-corrected chi connectivity index (χ2v) is 8.31. The van der Waals surface area contributed by atoms with Crippen LogP contribution >= 0.6 is 0 Å². The Morgan fingerprint density at radius 2 is 1.77 bits per heavy atom. The predicted molar refractivity (Wildman–Crippen MR) is 109 cm³/mol. The molecular formula is C19H21N3O7S. The van der Waals surface area contributed by atoms with Crippen LogP contribution in [0.3, 0.4) is 0 Å². The Kier molecular flexibility index (Phi) is 7.61. The number of amides is 1. The van der Waals surface area contributed by atoms with Crippen LogP contribution in [0.1, 0.15) is 23.2 Å². The lowest BCUT2D eigenvalue weighted by molar-refractivity contribution is -0.384. The summed E-state index contributed by atoms with van der Waals surface area (Å²) in [6.45, 7) is 0.0609. The first-order chi connectivity index (χ1) is 14.2. The summed E-state index contributed by atoms with van der Waals surface area (Å²) < 4.78 is 30.8. The molecule has 0 aliphatic rings. The second-order valence-electron chi connectivity index (χ2n) is 6.27. The van der Waals surface area contributed by atoms with Crippen molar-refractivity contribution >= 4 is 33.3 Å². The number of esters is 1. The number of hydrogen-bond donors (Lipinski definition) is 1. The van der Waals surface area contributed by atoms with Gasteiger partial charge < -0.3 is 10.1 Å². The SMILES string of the molecule is COC(=O)c1ccccc1NC(=O)CCCN(C)S(=O)(=O)c1ccc([N+](=O)[O-])cc1. The number of methoxy groups -OCH3 is 1. The van der Waals surface area contributed by atoms with Gasteiger partial charge in [0.05, 0.1) is 28.2 Å². The van der Waals surface area contributed by atoms with Crippen molar-refractivity contribution in [1.82, 2.24) is 4.31 Å². The topological polar surface area (TPSA) is 136 Å². The average Bonchev–Trinajstić information content (AvgIpc) is 2.73. The smallest absolute Gasteiger partial charge is 0.339 e. The van der Waals surface area contributed by atoms with Gasteiger partial charge in [0.2, 0.25) is 15.9 Å². The van der Waals surface area contributed by atoms with Crippen molar-refractivity contribution in [2.45, 2.75) is 17.7 Å². The van der Waals surface area contributed by atoms with E-state index in [0.717, 1.165) is 16.4 Å². The van der Waals surface area contributed by atoms with Gasteiger partial charge in [-0.15, -0.1) is 0 Å². The minimum absolute atomic E-state index is 0.0234. The second kappa shape index (κ2) is 9.94. The van der Waals surface area contributed by atoms with E-state index in [2.05, 4.69) is 10.1 Å². The normalized spacial score (nSPS) is 11.2. The zero-order valence-corrected chi connectivity index (χ0v) is 17.2. The van der Waals surface area contributed by atoms with Gasteiger partial charge >= 0.3 is 5.97 Å². The Morgan fingerprint density at radius 3 is 2.37 bits per heavy atom. The van der Waals surface area contributed by atoms with E-state index in [1.807, 2.05) is 0 Å². The van der Waals surface area contributed by atoms with Crippen LogP contribution in [0.4, 0.5) is 11.4 Å². The fourth-order valence-corrected chi connectivity index (χ4v) is 3.80. The van der Waals surface area contributed by atoms with Crippen molar-refractivity contribution in [3.8, 4) is 0 Å². The summed E-state index contributed by atoms with van der Waals surface area (Å²) in [5.41, 5.74) is 0.313. The molecule has 10 nitrogen and oxygen atoms in total. The maximum absolute atomic E-state index is 12.5. The van der Waals surface area contributed by atoms with Crippen LogP contribution in [-0.4, -0.2) is 50.2 Å². The van der Waals surface area contributed by atoms with Gasteiger partial charge in [-0.2, -0.15) is 0 Å². The van der Waals surface area contributed by atoms with Crippen LogP contribution in [0.2, 0.25) is 0 Å². The minimum Gasteiger partial charge on any atom is -0.465 e. The van der Waals surface area contributed by atoms with Crippen molar-refractivity contribution in [3.63, 3.8) is 0 Å². The van der Waals surface area contributed by atoms with Crippen molar-refractivity contribution in [2.24, 2.45) is 0 Å². The van der Waals surface area contributed by atoms with Crippen LogP contribution in [0.15, 0.2) is 53.4 Å². The monoisotopic (exact) mass is 435 g/mol. The van der Waals surface area contributed by atoms with E-state index in [1.165, 1.54) is 32.4 Å². The lowest BCUT2D eigenvalue weighted by atomic mass is 10.1. The van der Waals surface area contributed by atoms with Crippen molar-refractivity contribution in [1.29, 1.82) is 0 Å². The zero-order chi connectivity index (χ0) is 22.3. The molecule has 0 bridgehead atoms. The number of benzene rings is 2. The number of carbonyl (C=O) groups excluding carboxylic acids is 2. The molecule has 1 amide bonds. The number of sulfonamides is 1. The van der Waals surface area contributed by atoms with E-state index >= 15 is 0 Å². The first kappa shape index (κ1) is 23.0. The molecule has 2 aromatic rings. The molecule has 0 aliphatic carbocycles. The molecule has 0 saturated carbocycles. The molecule has 0 radical (unpaired) electrons. The van der Waals surface area contributed by atoms with Gasteiger partial charge in [0.15, 0.2) is 0 Å². The van der Waals surface area contributed by atoms with E-state index in [9.17, 15) is 28.1 Å². The Bertz CT molecular complexity index is 1040.